The highest BCUT2D eigenvalue weighted by atomic mass is 32.2. The molecule has 0 bridgehead atoms. The molecule has 3 N–H and O–H groups in total. The lowest BCUT2D eigenvalue weighted by Crippen LogP contribution is -2.26. The molecule has 1 amide bonds. The first-order valence-electron chi connectivity index (χ1n) is 9.33. The summed E-state index contributed by atoms with van der Waals surface area (Å²) < 4.78 is 38.2. The number of anilines is 1. The number of nitrogen functional groups attached to an aromatic ring is 1. The van der Waals surface area contributed by atoms with Crippen molar-refractivity contribution in [3.8, 4) is 11.8 Å². The number of sulfone groups is 1. The molecule has 160 valence electrons. The van der Waals surface area contributed by atoms with Crippen LogP contribution in [0, 0.1) is 17.1 Å². The number of carbonyl (C=O) groups excluding carboxylic acids is 1. The summed E-state index contributed by atoms with van der Waals surface area (Å²) in [7, 11) is -3.54. The monoisotopic (exact) mass is 441 g/mol. The van der Waals surface area contributed by atoms with Crippen molar-refractivity contribution in [1.29, 1.82) is 5.26 Å². The van der Waals surface area contributed by atoms with Gasteiger partial charge < -0.3 is 11.1 Å². The number of carbonyl (C=O) groups is 1. The van der Waals surface area contributed by atoms with E-state index in [9.17, 15) is 22.9 Å². The van der Waals surface area contributed by atoms with Crippen molar-refractivity contribution < 1.29 is 17.6 Å². The number of aromatic nitrogens is 2. The van der Waals surface area contributed by atoms with Crippen LogP contribution in [-0.2, 0) is 16.3 Å². The van der Waals surface area contributed by atoms with Gasteiger partial charge in [0.15, 0.2) is 9.84 Å². The number of aryl methyl sites for hydroxylation is 1. The van der Waals surface area contributed by atoms with E-state index in [1.54, 1.807) is 12.1 Å². The Kier molecular flexibility index (Phi) is 6.36. The van der Waals surface area contributed by atoms with Crippen LogP contribution in [0.3, 0.4) is 0 Å². The summed E-state index contributed by atoms with van der Waals surface area (Å²) >= 11 is 0. The average molecular weight is 441 g/mol. The van der Waals surface area contributed by atoms with Gasteiger partial charge in [-0.15, -0.1) is 0 Å². The Hall–Kier alpha value is -3.71. The van der Waals surface area contributed by atoms with Crippen LogP contribution in [0.1, 0.15) is 28.0 Å². The number of benzene rings is 2. The molecule has 0 aliphatic heterocycles. The van der Waals surface area contributed by atoms with E-state index in [1.807, 2.05) is 6.07 Å². The van der Waals surface area contributed by atoms with Crippen LogP contribution in [0.5, 0.6) is 0 Å². The standard InChI is InChI=1S/C21H20FN5O3S/c1-31(29,30)19-7-3-2-5-16(19)21(28)25-12-4-6-18-17(13-23)20(24)27(26-18)15-10-8-14(22)9-11-15/h2-3,5,7-11H,4,6,12,24H2,1H3,(H,25,28). The minimum atomic E-state index is -3.54. The molecule has 3 aromatic rings. The maximum Gasteiger partial charge on any atom is 0.252 e. The van der Waals surface area contributed by atoms with Gasteiger partial charge in [-0.3, -0.25) is 4.79 Å². The molecule has 31 heavy (non-hydrogen) atoms. The summed E-state index contributed by atoms with van der Waals surface area (Å²) in [5.41, 5.74) is 7.30. The molecule has 0 saturated heterocycles. The van der Waals surface area contributed by atoms with E-state index in [0.29, 0.717) is 24.2 Å². The van der Waals surface area contributed by atoms with E-state index in [-0.39, 0.29) is 28.4 Å². The molecule has 0 aliphatic carbocycles. The van der Waals surface area contributed by atoms with Crippen LogP contribution in [0.2, 0.25) is 0 Å². The number of nitrogens with two attached hydrogens (primary N) is 1. The Labute approximate surface area is 179 Å². The largest absolute Gasteiger partial charge is 0.382 e. The van der Waals surface area contributed by atoms with E-state index in [4.69, 9.17) is 5.73 Å². The molecule has 1 heterocycles. The predicted octanol–water partition coefficient (Wildman–Crippen LogP) is 2.23. The topological polar surface area (TPSA) is 131 Å². The quantitative estimate of drug-likeness (QED) is 0.541. The van der Waals surface area contributed by atoms with Gasteiger partial charge in [-0.25, -0.2) is 17.5 Å². The van der Waals surface area contributed by atoms with Crippen molar-refractivity contribution in [2.75, 3.05) is 18.5 Å². The third-order valence-corrected chi connectivity index (χ3v) is 5.74. The van der Waals surface area contributed by atoms with Gasteiger partial charge in [-0.1, -0.05) is 12.1 Å². The molecule has 0 saturated carbocycles. The first-order valence-corrected chi connectivity index (χ1v) is 11.2. The minimum Gasteiger partial charge on any atom is -0.382 e. The molecular formula is C21H20FN5O3S. The van der Waals surface area contributed by atoms with Crippen LogP contribution in [0.25, 0.3) is 5.69 Å². The number of nitriles is 1. The van der Waals surface area contributed by atoms with Gasteiger partial charge in [0.2, 0.25) is 0 Å². The number of rotatable bonds is 7. The second-order valence-corrected chi connectivity index (χ2v) is 8.82. The molecule has 8 nitrogen and oxygen atoms in total. The Morgan fingerprint density at radius 1 is 1.23 bits per heavy atom. The predicted molar refractivity (Wildman–Crippen MR) is 113 cm³/mol. The smallest absolute Gasteiger partial charge is 0.252 e. The lowest BCUT2D eigenvalue weighted by molar-refractivity contribution is 0.0950. The van der Waals surface area contributed by atoms with Crippen molar-refractivity contribution >= 4 is 21.6 Å². The summed E-state index contributed by atoms with van der Waals surface area (Å²) in [6, 6.07) is 13.6. The molecule has 0 fully saturated rings. The van der Waals surface area contributed by atoms with Crippen molar-refractivity contribution in [1.82, 2.24) is 15.1 Å². The first kappa shape index (κ1) is 22.0. The summed E-state index contributed by atoms with van der Waals surface area (Å²) in [4.78, 5) is 12.4. The fraction of sp³-hybridized carbons (Fsp3) is 0.190. The molecule has 0 atom stereocenters. The van der Waals surface area contributed by atoms with Gasteiger partial charge in [0.25, 0.3) is 5.91 Å². The molecule has 3 rings (SSSR count). The van der Waals surface area contributed by atoms with Crippen LogP contribution in [-0.4, -0.2) is 36.9 Å². The van der Waals surface area contributed by atoms with Crippen LogP contribution in [0.4, 0.5) is 10.2 Å². The normalized spacial score (nSPS) is 11.1. The highest BCUT2D eigenvalue weighted by Crippen LogP contribution is 2.22. The van der Waals surface area contributed by atoms with Crippen LogP contribution >= 0.6 is 0 Å². The zero-order chi connectivity index (χ0) is 22.6. The van der Waals surface area contributed by atoms with E-state index in [1.165, 1.54) is 41.1 Å². The second kappa shape index (κ2) is 8.97. The average Bonchev–Trinajstić information content (AvgIpc) is 3.06. The van der Waals surface area contributed by atoms with Crippen LogP contribution in [0.15, 0.2) is 53.4 Å². The number of hydrogen-bond acceptors (Lipinski definition) is 6. The molecular weight excluding hydrogens is 421 g/mol. The van der Waals surface area contributed by atoms with Gasteiger partial charge in [0, 0.05) is 12.8 Å². The van der Waals surface area contributed by atoms with Crippen molar-refractivity contribution in [3.05, 3.63) is 71.2 Å². The first-order chi connectivity index (χ1) is 14.7. The van der Waals surface area contributed by atoms with E-state index < -0.39 is 21.6 Å². The maximum absolute atomic E-state index is 13.2. The fourth-order valence-electron chi connectivity index (χ4n) is 3.08. The minimum absolute atomic E-state index is 0.0370. The van der Waals surface area contributed by atoms with E-state index >= 15 is 0 Å². The summed E-state index contributed by atoms with van der Waals surface area (Å²) in [5.74, 6) is -0.753. The zero-order valence-corrected chi connectivity index (χ0v) is 17.5. The second-order valence-electron chi connectivity index (χ2n) is 6.83. The fourth-order valence-corrected chi connectivity index (χ4v) is 3.97. The molecule has 10 heteroatoms. The van der Waals surface area contributed by atoms with Crippen molar-refractivity contribution in [2.24, 2.45) is 0 Å². The highest BCUT2D eigenvalue weighted by Gasteiger charge is 2.19. The molecule has 0 aliphatic rings. The number of nitrogens with one attached hydrogen (secondary N) is 1. The van der Waals surface area contributed by atoms with Crippen molar-refractivity contribution in [2.45, 2.75) is 17.7 Å². The van der Waals surface area contributed by atoms with Gasteiger partial charge in [-0.05, 0) is 49.2 Å². The van der Waals surface area contributed by atoms with Gasteiger partial charge >= 0.3 is 0 Å². The molecule has 1 aromatic heterocycles. The third kappa shape index (κ3) is 4.90. The third-order valence-electron chi connectivity index (χ3n) is 4.58. The number of hydrogen-bond donors (Lipinski definition) is 2. The lowest BCUT2D eigenvalue weighted by atomic mass is 10.1. The van der Waals surface area contributed by atoms with Gasteiger partial charge in [0.1, 0.15) is 23.3 Å². The van der Waals surface area contributed by atoms with E-state index in [0.717, 1.165) is 6.26 Å². The number of halogens is 1. The van der Waals surface area contributed by atoms with Gasteiger partial charge in [-0.2, -0.15) is 10.4 Å². The maximum atomic E-state index is 13.2. The molecule has 0 radical (unpaired) electrons. The van der Waals surface area contributed by atoms with Gasteiger partial charge in [0.05, 0.1) is 21.8 Å². The highest BCUT2D eigenvalue weighted by molar-refractivity contribution is 7.90. The Morgan fingerprint density at radius 3 is 2.55 bits per heavy atom. The Balaban J connectivity index is 1.68. The van der Waals surface area contributed by atoms with Crippen molar-refractivity contribution in [3.63, 3.8) is 0 Å². The number of nitrogens with zero attached hydrogens (tertiary/aromatic N) is 3. The molecule has 0 unspecified atom stereocenters. The summed E-state index contributed by atoms with van der Waals surface area (Å²) in [6.45, 7) is 0.241. The zero-order valence-electron chi connectivity index (χ0n) is 16.7. The molecule has 2 aromatic carbocycles. The SMILES string of the molecule is CS(=O)(=O)c1ccccc1C(=O)NCCCc1nn(-c2ccc(F)cc2)c(N)c1C#N. The van der Waals surface area contributed by atoms with Crippen LogP contribution < -0.4 is 11.1 Å². The molecule has 0 spiro atoms. The lowest BCUT2D eigenvalue weighted by Gasteiger charge is -2.08. The summed E-state index contributed by atoms with van der Waals surface area (Å²) in [5, 5.41) is 16.5. The summed E-state index contributed by atoms with van der Waals surface area (Å²) in [6.07, 6.45) is 1.85. The number of amides is 1. The van der Waals surface area contributed by atoms with E-state index in [2.05, 4.69) is 10.4 Å². The Morgan fingerprint density at radius 2 is 1.90 bits per heavy atom. The Bertz CT molecular complexity index is 1260.